The van der Waals surface area contributed by atoms with Gasteiger partial charge in [-0.1, -0.05) is 20.3 Å². The normalized spacial score (nSPS) is 12.2. The number of rotatable bonds is 5. The minimum atomic E-state index is 0.0386. The fraction of sp³-hybridized carbons (Fsp3) is 0.462. The first-order valence-electron chi connectivity index (χ1n) is 5.73. The highest BCUT2D eigenvalue weighted by atomic mass is 127. The van der Waals surface area contributed by atoms with Crippen LogP contribution in [0.5, 0.6) is 0 Å². The second-order valence-corrected chi connectivity index (χ2v) is 5.12. The molecule has 0 aliphatic carbocycles. The molecule has 0 heterocycles. The van der Waals surface area contributed by atoms with Gasteiger partial charge in [0.15, 0.2) is 0 Å². The maximum absolute atomic E-state index is 11.9. The number of halogens is 1. The third kappa shape index (κ3) is 4.12. The van der Waals surface area contributed by atoms with Gasteiger partial charge in [-0.25, -0.2) is 0 Å². The molecule has 1 N–H and O–H groups in total. The number of carbonyl (C=O) groups excluding carboxylic acids is 1. The molecule has 0 radical (unpaired) electrons. The van der Waals surface area contributed by atoms with E-state index < -0.39 is 0 Å². The van der Waals surface area contributed by atoms with Crippen molar-refractivity contribution in [1.29, 1.82) is 0 Å². The van der Waals surface area contributed by atoms with Crippen LogP contribution in [0, 0.1) is 3.57 Å². The number of nitrogens with one attached hydrogen (secondary N) is 1. The van der Waals surface area contributed by atoms with E-state index in [1.54, 1.807) is 0 Å². The van der Waals surface area contributed by atoms with Crippen molar-refractivity contribution >= 4 is 28.5 Å². The summed E-state index contributed by atoms with van der Waals surface area (Å²) in [5, 5.41) is 3.06. The molecule has 0 saturated heterocycles. The summed E-state index contributed by atoms with van der Waals surface area (Å²) in [6, 6.07) is 7.95. The van der Waals surface area contributed by atoms with Crippen molar-refractivity contribution in [3.05, 3.63) is 33.4 Å². The highest BCUT2D eigenvalue weighted by Crippen LogP contribution is 2.08. The Labute approximate surface area is 111 Å². The van der Waals surface area contributed by atoms with Gasteiger partial charge >= 0.3 is 0 Å². The van der Waals surface area contributed by atoms with Crippen LogP contribution in [0.3, 0.4) is 0 Å². The van der Waals surface area contributed by atoms with Crippen molar-refractivity contribution < 1.29 is 4.79 Å². The van der Waals surface area contributed by atoms with E-state index in [0.29, 0.717) is 6.04 Å². The van der Waals surface area contributed by atoms with E-state index >= 15 is 0 Å². The van der Waals surface area contributed by atoms with Gasteiger partial charge in [-0.15, -0.1) is 0 Å². The molecule has 2 nitrogen and oxygen atoms in total. The lowest BCUT2D eigenvalue weighted by atomic mass is 10.1. The standard InChI is InChI=1S/C13H18INO/c1-3-5-12(4-2)15-13(16)10-6-8-11(14)9-7-10/h6-9,12H,3-5H2,1-2H3,(H,15,16). The first kappa shape index (κ1) is 13.5. The molecule has 1 aromatic rings. The molecule has 0 aliphatic rings. The maximum Gasteiger partial charge on any atom is 0.251 e. The minimum Gasteiger partial charge on any atom is -0.349 e. The smallest absolute Gasteiger partial charge is 0.251 e. The van der Waals surface area contributed by atoms with Crippen LogP contribution in [0.15, 0.2) is 24.3 Å². The Hall–Kier alpha value is -0.580. The van der Waals surface area contributed by atoms with Crippen molar-refractivity contribution in [2.45, 2.75) is 39.2 Å². The number of benzene rings is 1. The predicted octanol–water partition coefficient (Wildman–Crippen LogP) is 3.60. The van der Waals surface area contributed by atoms with E-state index in [2.05, 4.69) is 41.8 Å². The quantitative estimate of drug-likeness (QED) is 0.821. The van der Waals surface area contributed by atoms with Gasteiger partial charge in [0.25, 0.3) is 5.91 Å². The minimum absolute atomic E-state index is 0.0386. The molecule has 1 rings (SSSR count). The molecule has 1 aromatic carbocycles. The Bertz CT molecular complexity index is 334. The summed E-state index contributed by atoms with van der Waals surface area (Å²) in [5.74, 6) is 0.0386. The highest BCUT2D eigenvalue weighted by Gasteiger charge is 2.10. The van der Waals surface area contributed by atoms with Crippen LogP contribution in [0.1, 0.15) is 43.5 Å². The molecule has 0 spiro atoms. The summed E-state index contributed by atoms with van der Waals surface area (Å²) in [4.78, 5) is 11.9. The average Bonchev–Trinajstić information content (AvgIpc) is 2.29. The van der Waals surface area contributed by atoms with Crippen LogP contribution in [0.25, 0.3) is 0 Å². The molecule has 0 bridgehead atoms. The molecular weight excluding hydrogens is 313 g/mol. The second-order valence-electron chi connectivity index (χ2n) is 3.87. The third-order valence-corrected chi connectivity index (χ3v) is 3.29. The number of hydrogen-bond donors (Lipinski definition) is 1. The zero-order chi connectivity index (χ0) is 12.0. The van der Waals surface area contributed by atoms with Crippen LogP contribution < -0.4 is 5.32 Å². The molecule has 16 heavy (non-hydrogen) atoms. The zero-order valence-electron chi connectivity index (χ0n) is 9.79. The van der Waals surface area contributed by atoms with E-state index in [4.69, 9.17) is 0 Å². The lowest BCUT2D eigenvalue weighted by molar-refractivity contribution is 0.0933. The molecule has 0 aliphatic heterocycles. The molecular formula is C13H18INO. The number of hydrogen-bond acceptors (Lipinski definition) is 1. The summed E-state index contributed by atoms with van der Waals surface area (Å²) in [6.45, 7) is 4.24. The lowest BCUT2D eigenvalue weighted by Gasteiger charge is -2.15. The van der Waals surface area contributed by atoms with Gasteiger partial charge in [0, 0.05) is 15.2 Å². The fourth-order valence-corrected chi connectivity index (χ4v) is 1.96. The fourth-order valence-electron chi connectivity index (χ4n) is 1.60. The Balaban J connectivity index is 2.60. The van der Waals surface area contributed by atoms with E-state index in [9.17, 15) is 4.79 Å². The molecule has 3 heteroatoms. The Kier molecular flexibility index (Phi) is 5.80. The predicted molar refractivity (Wildman–Crippen MR) is 75.6 cm³/mol. The van der Waals surface area contributed by atoms with E-state index in [1.807, 2.05) is 24.3 Å². The van der Waals surface area contributed by atoms with Gasteiger partial charge in [0.1, 0.15) is 0 Å². The van der Waals surface area contributed by atoms with Gasteiger partial charge in [0.2, 0.25) is 0 Å². The summed E-state index contributed by atoms with van der Waals surface area (Å²) in [5.41, 5.74) is 0.745. The number of carbonyl (C=O) groups is 1. The topological polar surface area (TPSA) is 29.1 Å². The summed E-state index contributed by atoms with van der Waals surface area (Å²) in [6.07, 6.45) is 3.14. The first-order valence-corrected chi connectivity index (χ1v) is 6.81. The van der Waals surface area contributed by atoms with Gasteiger partial charge in [0.05, 0.1) is 0 Å². The van der Waals surface area contributed by atoms with Crippen LogP contribution in [0.2, 0.25) is 0 Å². The van der Waals surface area contributed by atoms with Gasteiger partial charge in [-0.05, 0) is 59.7 Å². The lowest BCUT2D eigenvalue weighted by Crippen LogP contribution is -2.34. The monoisotopic (exact) mass is 331 g/mol. The van der Waals surface area contributed by atoms with Gasteiger partial charge < -0.3 is 5.32 Å². The average molecular weight is 331 g/mol. The van der Waals surface area contributed by atoms with Crippen molar-refractivity contribution in [3.8, 4) is 0 Å². The van der Waals surface area contributed by atoms with Crippen molar-refractivity contribution in [2.75, 3.05) is 0 Å². The van der Waals surface area contributed by atoms with Crippen LogP contribution >= 0.6 is 22.6 Å². The molecule has 1 amide bonds. The molecule has 1 unspecified atom stereocenters. The number of amides is 1. The van der Waals surface area contributed by atoms with Crippen molar-refractivity contribution in [2.24, 2.45) is 0 Å². The van der Waals surface area contributed by atoms with Crippen molar-refractivity contribution in [1.82, 2.24) is 5.32 Å². The van der Waals surface area contributed by atoms with E-state index in [0.717, 1.165) is 28.4 Å². The Morgan fingerprint density at radius 1 is 1.31 bits per heavy atom. The molecule has 0 fully saturated rings. The zero-order valence-corrected chi connectivity index (χ0v) is 12.0. The Morgan fingerprint density at radius 3 is 2.44 bits per heavy atom. The largest absolute Gasteiger partial charge is 0.349 e. The van der Waals surface area contributed by atoms with E-state index in [1.165, 1.54) is 0 Å². The van der Waals surface area contributed by atoms with Gasteiger partial charge in [-0.3, -0.25) is 4.79 Å². The molecule has 0 aromatic heterocycles. The summed E-state index contributed by atoms with van der Waals surface area (Å²) >= 11 is 2.23. The van der Waals surface area contributed by atoms with Crippen LogP contribution in [-0.4, -0.2) is 11.9 Å². The summed E-state index contributed by atoms with van der Waals surface area (Å²) < 4.78 is 1.15. The van der Waals surface area contributed by atoms with Crippen molar-refractivity contribution in [3.63, 3.8) is 0 Å². The third-order valence-electron chi connectivity index (χ3n) is 2.57. The maximum atomic E-state index is 11.9. The van der Waals surface area contributed by atoms with Crippen LogP contribution in [0.4, 0.5) is 0 Å². The molecule has 0 saturated carbocycles. The van der Waals surface area contributed by atoms with E-state index in [-0.39, 0.29) is 5.91 Å². The first-order chi connectivity index (χ1) is 7.67. The van der Waals surface area contributed by atoms with Gasteiger partial charge in [-0.2, -0.15) is 0 Å². The summed E-state index contributed by atoms with van der Waals surface area (Å²) in [7, 11) is 0. The highest BCUT2D eigenvalue weighted by molar-refractivity contribution is 14.1. The SMILES string of the molecule is CCCC(CC)NC(=O)c1ccc(I)cc1. The Morgan fingerprint density at radius 2 is 1.94 bits per heavy atom. The second kappa shape index (κ2) is 6.89. The van der Waals surface area contributed by atoms with Crippen LogP contribution in [-0.2, 0) is 0 Å². The molecule has 1 atom stereocenters. The molecule has 88 valence electrons.